The van der Waals surface area contributed by atoms with Crippen LogP contribution in [0.5, 0.6) is 0 Å². The molecule has 1 N–H and O–H groups in total. The van der Waals surface area contributed by atoms with Gasteiger partial charge < -0.3 is 10.1 Å². The minimum absolute atomic E-state index is 0.279. The first-order valence-corrected chi connectivity index (χ1v) is 7.77. The molecule has 0 heterocycles. The van der Waals surface area contributed by atoms with E-state index in [0.29, 0.717) is 11.5 Å². The molecular weight excluding hydrogens is 374 g/mol. The third-order valence-corrected chi connectivity index (χ3v) is 3.76. The third-order valence-electron chi connectivity index (χ3n) is 2.68. The molecule has 0 saturated carbocycles. The molecule has 0 aliphatic rings. The van der Waals surface area contributed by atoms with Gasteiger partial charge in [0.25, 0.3) is 0 Å². The molecule has 0 aliphatic carbocycles. The van der Waals surface area contributed by atoms with E-state index in [1.165, 1.54) is 7.11 Å². The van der Waals surface area contributed by atoms with E-state index >= 15 is 0 Å². The van der Waals surface area contributed by atoms with Crippen LogP contribution in [0.1, 0.15) is 37.6 Å². The van der Waals surface area contributed by atoms with Gasteiger partial charge in [0, 0.05) is 15.0 Å². The number of rotatable bonds is 5. The first-order chi connectivity index (χ1) is 8.85. The minimum Gasteiger partial charge on any atom is -0.465 e. The number of hydrogen-bond acceptors (Lipinski definition) is 3. The molecule has 1 rings (SSSR count). The second kappa shape index (κ2) is 7.29. The monoisotopic (exact) mass is 391 g/mol. The van der Waals surface area contributed by atoms with E-state index in [1.54, 1.807) is 6.07 Å². The van der Waals surface area contributed by atoms with Crippen LogP contribution in [0, 0.1) is 5.92 Å². The molecular formula is C14H19Br2NO2. The van der Waals surface area contributed by atoms with Crippen LogP contribution in [0.25, 0.3) is 0 Å². The van der Waals surface area contributed by atoms with Gasteiger partial charge in [-0.15, -0.1) is 0 Å². The molecule has 0 aliphatic heterocycles. The van der Waals surface area contributed by atoms with E-state index in [0.717, 1.165) is 21.1 Å². The predicted molar refractivity (Wildman–Crippen MR) is 85.7 cm³/mol. The summed E-state index contributed by atoms with van der Waals surface area (Å²) in [6.45, 7) is 6.46. The standard InChI is InChI=1S/C14H19Br2NO2/c1-8(2)5-9(3)17-13-11(14(18)19-4)6-10(15)7-12(13)16/h6-9,17H,5H2,1-4H3. The molecule has 1 unspecified atom stereocenters. The van der Waals surface area contributed by atoms with Gasteiger partial charge in [0.2, 0.25) is 0 Å². The molecule has 1 aromatic rings. The van der Waals surface area contributed by atoms with E-state index in [1.807, 2.05) is 6.07 Å². The van der Waals surface area contributed by atoms with Crippen LogP contribution in [0.4, 0.5) is 5.69 Å². The Kier molecular flexibility index (Phi) is 6.33. The number of hydrogen-bond donors (Lipinski definition) is 1. The fourth-order valence-corrected chi connectivity index (χ4v) is 3.34. The lowest BCUT2D eigenvalue weighted by Gasteiger charge is -2.20. The van der Waals surface area contributed by atoms with Crippen molar-refractivity contribution in [1.82, 2.24) is 0 Å². The molecule has 0 amide bonds. The van der Waals surface area contributed by atoms with Crippen molar-refractivity contribution in [1.29, 1.82) is 0 Å². The van der Waals surface area contributed by atoms with Gasteiger partial charge in [-0.05, 0) is 47.3 Å². The Balaban J connectivity index is 3.07. The molecule has 0 fully saturated rings. The van der Waals surface area contributed by atoms with Crippen molar-refractivity contribution in [2.45, 2.75) is 33.2 Å². The summed E-state index contributed by atoms with van der Waals surface area (Å²) in [4.78, 5) is 11.8. The molecule has 0 bridgehead atoms. The molecule has 19 heavy (non-hydrogen) atoms. The zero-order valence-electron chi connectivity index (χ0n) is 11.6. The zero-order chi connectivity index (χ0) is 14.6. The SMILES string of the molecule is COC(=O)c1cc(Br)cc(Br)c1NC(C)CC(C)C. The lowest BCUT2D eigenvalue weighted by molar-refractivity contribution is 0.0601. The van der Waals surface area contributed by atoms with E-state index in [4.69, 9.17) is 4.74 Å². The molecule has 0 aromatic heterocycles. The predicted octanol–water partition coefficient (Wildman–Crippen LogP) is 4.84. The number of esters is 1. The fraction of sp³-hybridized carbons (Fsp3) is 0.500. The molecule has 0 spiro atoms. The van der Waals surface area contributed by atoms with E-state index < -0.39 is 0 Å². The Bertz CT molecular complexity index is 461. The highest BCUT2D eigenvalue weighted by Gasteiger charge is 2.18. The average molecular weight is 393 g/mol. The normalized spacial score (nSPS) is 12.4. The topological polar surface area (TPSA) is 38.3 Å². The quantitative estimate of drug-likeness (QED) is 0.728. The van der Waals surface area contributed by atoms with Gasteiger partial charge in [0.15, 0.2) is 0 Å². The average Bonchev–Trinajstić information content (AvgIpc) is 2.30. The van der Waals surface area contributed by atoms with Crippen molar-refractivity contribution >= 4 is 43.5 Å². The molecule has 0 saturated heterocycles. The summed E-state index contributed by atoms with van der Waals surface area (Å²) >= 11 is 6.88. The lowest BCUT2D eigenvalue weighted by atomic mass is 10.0. The van der Waals surface area contributed by atoms with Crippen molar-refractivity contribution in [2.75, 3.05) is 12.4 Å². The molecule has 1 aromatic carbocycles. The van der Waals surface area contributed by atoms with Crippen LogP contribution in [0.15, 0.2) is 21.1 Å². The van der Waals surface area contributed by atoms with E-state index in [-0.39, 0.29) is 12.0 Å². The van der Waals surface area contributed by atoms with E-state index in [9.17, 15) is 4.79 Å². The first-order valence-electron chi connectivity index (χ1n) is 6.19. The summed E-state index contributed by atoms with van der Waals surface area (Å²) in [5, 5.41) is 3.38. The van der Waals surface area contributed by atoms with Gasteiger partial charge in [-0.3, -0.25) is 0 Å². The first kappa shape index (κ1) is 16.5. The molecule has 5 heteroatoms. The van der Waals surface area contributed by atoms with Crippen LogP contribution in [-0.2, 0) is 4.74 Å². The number of halogens is 2. The van der Waals surface area contributed by atoms with Crippen LogP contribution in [-0.4, -0.2) is 19.1 Å². The Hall–Kier alpha value is -0.550. The molecule has 1 atom stereocenters. The summed E-state index contributed by atoms with van der Waals surface area (Å²) < 4.78 is 6.51. The maximum absolute atomic E-state index is 11.8. The van der Waals surface area contributed by atoms with Crippen LogP contribution in [0.2, 0.25) is 0 Å². The number of carbonyl (C=O) groups is 1. The Morgan fingerprint density at radius 1 is 1.32 bits per heavy atom. The second-order valence-corrected chi connectivity index (χ2v) is 6.75. The summed E-state index contributed by atoms with van der Waals surface area (Å²) in [5.41, 5.74) is 1.31. The zero-order valence-corrected chi connectivity index (χ0v) is 14.8. The summed E-state index contributed by atoms with van der Waals surface area (Å²) in [6, 6.07) is 3.96. The molecule has 106 valence electrons. The van der Waals surface area contributed by atoms with Crippen molar-refractivity contribution in [3.8, 4) is 0 Å². The van der Waals surface area contributed by atoms with Gasteiger partial charge >= 0.3 is 5.97 Å². The van der Waals surface area contributed by atoms with Crippen molar-refractivity contribution < 1.29 is 9.53 Å². The van der Waals surface area contributed by atoms with Crippen molar-refractivity contribution in [3.63, 3.8) is 0 Å². The van der Waals surface area contributed by atoms with Gasteiger partial charge in [-0.2, -0.15) is 0 Å². The van der Waals surface area contributed by atoms with Crippen LogP contribution < -0.4 is 5.32 Å². The number of ether oxygens (including phenoxy) is 1. The maximum Gasteiger partial charge on any atom is 0.340 e. The Labute approximate surface area is 131 Å². The number of carbonyl (C=O) groups excluding carboxylic acids is 1. The van der Waals surface area contributed by atoms with Gasteiger partial charge in [0.05, 0.1) is 18.4 Å². The van der Waals surface area contributed by atoms with Crippen molar-refractivity contribution in [2.24, 2.45) is 5.92 Å². The Morgan fingerprint density at radius 3 is 2.47 bits per heavy atom. The van der Waals surface area contributed by atoms with Gasteiger partial charge in [-0.25, -0.2) is 4.79 Å². The minimum atomic E-state index is -0.346. The molecule has 3 nitrogen and oxygen atoms in total. The number of benzene rings is 1. The highest BCUT2D eigenvalue weighted by atomic mass is 79.9. The van der Waals surface area contributed by atoms with Gasteiger partial charge in [0.1, 0.15) is 0 Å². The third kappa shape index (κ3) is 4.80. The Morgan fingerprint density at radius 2 is 1.95 bits per heavy atom. The lowest BCUT2D eigenvalue weighted by Crippen LogP contribution is -2.20. The molecule has 0 radical (unpaired) electrons. The number of methoxy groups -OCH3 is 1. The van der Waals surface area contributed by atoms with Gasteiger partial charge in [-0.1, -0.05) is 29.8 Å². The van der Waals surface area contributed by atoms with Crippen LogP contribution >= 0.6 is 31.9 Å². The maximum atomic E-state index is 11.8. The second-order valence-electron chi connectivity index (χ2n) is 4.98. The summed E-state index contributed by atoms with van der Waals surface area (Å²) in [7, 11) is 1.39. The highest BCUT2D eigenvalue weighted by molar-refractivity contribution is 9.11. The van der Waals surface area contributed by atoms with Crippen molar-refractivity contribution in [3.05, 3.63) is 26.6 Å². The summed E-state index contributed by atoms with van der Waals surface area (Å²) in [5.74, 6) is 0.250. The summed E-state index contributed by atoms with van der Waals surface area (Å²) in [6.07, 6.45) is 1.03. The van der Waals surface area contributed by atoms with Crippen LogP contribution in [0.3, 0.4) is 0 Å². The highest BCUT2D eigenvalue weighted by Crippen LogP contribution is 2.32. The van der Waals surface area contributed by atoms with E-state index in [2.05, 4.69) is 57.9 Å². The fourth-order valence-electron chi connectivity index (χ4n) is 2.00. The largest absolute Gasteiger partial charge is 0.465 e. The number of nitrogens with one attached hydrogen (secondary N) is 1. The smallest absolute Gasteiger partial charge is 0.340 e. The number of anilines is 1.